The molecule has 1 aromatic heterocycles. The highest BCUT2D eigenvalue weighted by molar-refractivity contribution is 6.34. The predicted octanol–water partition coefficient (Wildman–Crippen LogP) is 4.10. The van der Waals surface area contributed by atoms with Crippen molar-refractivity contribution >= 4 is 35.2 Å². The first-order valence-corrected chi connectivity index (χ1v) is 12.2. The largest absolute Gasteiger partial charge is 0.465 e. The van der Waals surface area contributed by atoms with E-state index in [1.165, 1.54) is 28.0 Å². The van der Waals surface area contributed by atoms with Crippen molar-refractivity contribution in [1.29, 1.82) is 0 Å². The van der Waals surface area contributed by atoms with Crippen molar-refractivity contribution in [1.82, 2.24) is 20.0 Å². The Kier molecular flexibility index (Phi) is 7.77. The normalized spacial score (nSPS) is 15.1. The molecule has 0 aliphatic carbocycles. The second-order valence-corrected chi connectivity index (χ2v) is 9.10. The van der Waals surface area contributed by atoms with Crippen LogP contribution in [0.25, 0.3) is 5.69 Å². The van der Waals surface area contributed by atoms with E-state index < -0.39 is 23.9 Å². The molecule has 2 aromatic carbocycles. The summed E-state index contributed by atoms with van der Waals surface area (Å²) in [7, 11) is 0. The van der Waals surface area contributed by atoms with Crippen LogP contribution in [0.3, 0.4) is 0 Å². The summed E-state index contributed by atoms with van der Waals surface area (Å²) in [4.78, 5) is 41.3. The second kappa shape index (κ2) is 11.0. The van der Waals surface area contributed by atoms with Crippen molar-refractivity contribution < 1.29 is 23.5 Å². The molecule has 37 heavy (non-hydrogen) atoms. The van der Waals surface area contributed by atoms with E-state index in [0.29, 0.717) is 16.9 Å². The molecule has 0 fully saturated rings. The molecule has 1 N–H and O–H groups in total. The molecule has 0 radical (unpaired) electrons. The minimum atomic E-state index is -0.565. The van der Waals surface area contributed by atoms with Gasteiger partial charge in [0.1, 0.15) is 12.4 Å². The van der Waals surface area contributed by atoms with Crippen LogP contribution < -0.4 is 10.2 Å². The van der Waals surface area contributed by atoms with Gasteiger partial charge in [0.15, 0.2) is 0 Å². The van der Waals surface area contributed by atoms with E-state index in [4.69, 9.17) is 16.3 Å². The number of rotatable bonds is 5. The maximum absolute atomic E-state index is 14.2. The van der Waals surface area contributed by atoms with Crippen LogP contribution in [0.4, 0.5) is 14.9 Å². The molecule has 2 heterocycles. The van der Waals surface area contributed by atoms with Gasteiger partial charge < -0.3 is 19.9 Å². The highest BCUT2D eigenvalue weighted by Crippen LogP contribution is 2.31. The standard InChI is InChI=1S/C26H27ClFN5O4/c1-4-37-24(34)13-29-26(36)31-15-18-11-19(28)5-8-23(18)32(14-17(31)3)25(35)21-7-6-20(12-22(21)27)33-10-9-16(2)30-33/h5-12,17H,4,13-15H2,1-3H3,(H,29,36)/t17-/m1/s1. The molecule has 1 atom stereocenters. The van der Waals surface area contributed by atoms with Gasteiger partial charge in [0.25, 0.3) is 5.91 Å². The van der Waals surface area contributed by atoms with Gasteiger partial charge in [-0.25, -0.2) is 13.9 Å². The molecule has 194 valence electrons. The number of anilines is 1. The highest BCUT2D eigenvalue weighted by Gasteiger charge is 2.32. The molecule has 0 saturated heterocycles. The molecule has 0 unspecified atom stereocenters. The summed E-state index contributed by atoms with van der Waals surface area (Å²) in [5.74, 6) is -1.45. The lowest BCUT2D eigenvalue weighted by Crippen LogP contribution is -2.49. The highest BCUT2D eigenvalue weighted by atomic mass is 35.5. The average Bonchev–Trinajstić information content (AvgIpc) is 3.24. The van der Waals surface area contributed by atoms with Crippen molar-refractivity contribution in [2.75, 3.05) is 24.6 Å². The predicted molar refractivity (Wildman–Crippen MR) is 136 cm³/mol. The fraction of sp³-hybridized carbons (Fsp3) is 0.308. The zero-order chi connectivity index (χ0) is 26.7. The van der Waals surface area contributed by atoms with E-state index in [2.05, 4.69) is 10.4 Å². The lowest BCUT2D eigenvalue weighted by atomic mass is 10.1. The van der Waals surface area contributed by atoms with Gasteiger partial charge in [-0.1, -0.05) is 11.6 Å². The number of aromatic nitrogens is 2. The van der Waals surface area contributed by atoms with Crippen LogP contribution in [0.1, 0.15) is 35.5 Å². The zero-order valence-electron chi connectivity index (χ0n) is 20.7. The van der Waals surface area contributed by atoms with Gasteiger partial charge in [0.2, 0.25) is 0 Å². The van der Waals surface area contributed by atoms with Gasteiger partial charge in [-0.15, -0.1) is 0 Å². The molecule has 1 aliphatic heterocycles. The SMILES string of the molecule is CCOC(=O)CNC(=O)N1Cc2cc(F)ccc2N(C(=O)c2ccc(-n3ccc(C)n3)cc2Cl)C[C@H]1C. The van der Waals surface area contributed by atoms with Crippen LogP contribution in [0, 0.1) is 12.7 Å². The number of urea groups is 1. The number of halogens is 2. The maximum Gasteiger partial charge on any atom is 0.325 e. The third-order valence-corrected chi connectivity index (χ3v) is 6.33. The van der Waals surface area contributed by atoms with E-state index >= 15 is 0 Å². The fourth-order valence-corrected chi connectivity index (χ4v) is 4.45. The Balaban J connectivity index is 1.62. The Morgan fingerprint density at radius 2 is 1.97 bits per heavy atom. The summed E-state index contributed by atoms with van der Waals surface area (Å²) in [6.07, 6.45) is 1.80. The first-order valence-electron chi connectivity index (χ1n) is 11.8. The summed E-state index contributed by atoms with van der Waals surface area (Å²) in [5.41, 5.74) is 2.72. The lowest BCUT2D eigenvalue weighted by Gasteiger charge is -2.29. The Hall–Kier alpha value is -3.92. The second-order valence-electron chi connectivity index (χ2n) is 8.70. The van der Waals surface area contributed by atoms with E-state index in [9.17, 15) is 18.8 Å². The van der Waals surface area contributed by atoms with Gasteiger partial charge in [0, 0.05) is 31.0 Å². The number of aryl methyl sites for hydroxylation is 1. The van der Waals surface area contributed by atoms with Gasteiger partial charge in [-0.2, -0.15) is 5.10 Å². The Morgan fingerprint density at radius 3 is 2.65 bits per heavy atom. The van der Waals surface area contributed by atoms with Crippen LogP contribution in [-0.4, -0.2) is 58.3 Å². The van der Waals surface area contributed by atoms with Crippen molar-refractivity contribution in [3.8, 4) is 5.69 Å². The van der Waals surface area contributed by atoms with Crippen LogP contribution >= 0.6 is 11.6 Å². The van der Waals surface area contributed by atoms with Crippen molar-refractivity contribution in [3.05, 3.63) is 76.3 Å². The number of hydrogen-bond acceptors (Lipinski definition) is 5. The van der Waals surface area contributed by atoms with Crippen LogP contribution in [0.15, 0.2) is 48.7 Å². The molecule has 11 heteroatoms. The number of carbonyl (C=O) groups excluding carboxylic acids is 3. The minimum Gasteiger partial charge on any atom is -0.465 e. The summed E-state index contributed by atoms with van der Waals surface area (Å²) < 4.78 is 20.7. The first-order chi connectivity index (χ1) is 17.7. The van der Waals surface area contributed by atoms with E-state index in [1.54, 1.807) is 42.9 Å². The zero-order valence-corrected chi connectivity index (χ0v) is 21.5. The third kappa shape index (κ3) is 5.75. The van der Waals surface area contributed by atoms with E-state index in [0.717, 1.165) is 5.69 Å². The van der Waals surface area contributed by atoms with Gasteiger partial charge in [0.05, 0.1) is 28.6 Å². The summed E-state index contributed by atoms with van der Waals surface area (Å²) in [5, 5.41) is 7.13. The molecular weight excluding hydrogens is 501 g/mol. The fourth-order valence-electron chi connectivity index (χ4n) is 4.19. The molecule has 0 bridgehead atoms. The van der Waals surface area contributed by atoms with Crippen LogP contribution in [0.2, 0.25) is 5.02 Å². The van der Waals surface area contributed by atoms with E-state index in [1.807, 2.05) is 13.0 Å². The number of ether oxygens (including phenoxy) is 1. The quantitative estimate of drug-likeness (QED) is 0.504. The monoisotopic (exact) mass is 527 g/mol. The molecule has 4 rings (SSSR count). The minimum absolute atomic E-state index is 0.0397. The molecule has 1 aliphatic rings. The topological polar surface area (TPSA) is 96.8 Å². The smallest absolute Gasteiger partial charge is 0.325 e. The molecule has 3 aromatic rings. The number of carbonyl (C=O) groups is 3. The average molecular weight is 528 g/mol. The van der Waals surface area contributed by atoms with Crippen molar-refractivity contribution in [2.24, 2.45) is 0 Å². The Morgan fingerprint density at radius 1 is 1.19 bits per heavy atom. The number of esters is 1. The van der Waals surface area contributed by atoms with Gasteiger partial charge in [-0.3, -0.25) is 9.59 Å². The number of benzene rings is 2. The third-order valence-electron chi connectivity index (χ3n) is 6.02. The number of nitrogens with one attached hydrogen (secondary N) is 1. The lowest BCUT2D eigenvalue weighted by molar-refractivity contribution is -0.141. The Labute approximate surface area is 218 Å². The van der Waals surface area contributed by atoms with Crippen LogP contribution in [0.5, 0.6) is 0 Å². The number of nitrogens with zero attached hydrogens (tertiary/aromatic N) is 4. The number of amides is 3. The maximum atomic E-state index is 14.2. The summed E-state index contributed by atoms with van der Waals surface area (Å²) in [6.45, 7) is 5.38. The Bertz CT molecular complexity index is 1340. The molecule has 9 nitrogen and oxygen atoms in total. The molecular formula is C26H27ClFN5O4. The van der Waals surface area contributed by atoms with Crippen LogP contribution in [-0.2, 0) is 16.1 Å². The number of fused-ring (bicyclic) bond motifs is 1. The first kappa shape index (κ1) is 26.2. The van der Waals surface area contributed by atoms with Crippen molar-refractivity contribution in [3.63, 3.8) is 0 Å². The van der Waals surface area contributed by atoms with E-state index in [-0.39, 0.29) is 42.7 Å². The molecule has 0 spiro atoms. The van der Waals surface area contributed by atoms with Gasteiger partial charge in [-0.05, 0) is 68.8 Å². The summed E-state index contributed by atoms with van der Waals surface area (Å²) >= 11 is 6.54. The summed E-state index contributed by atoms with van der Waals surface area (Å²) in [6, 6.07) is 9.97. The van der Waals surface area contributed by atoms with Gasteiger partial charge >= 0.3 is 12.0 Å². The number of hydrogen-bond donors (Lipinski definition) is 1. The molecule has 3 amide bonds. The van der Waals surface area contributed by atoms with Crippen molar-refractivity contribution in [2.45, 2.75) is 33.4 Å². The molecule has 0 saturated carbocycles.